The lowest BCUT2D eigenvalue weighted by Gasteiger charge is -2.07. The maximum atomic E-state index is 2.63. The summed E-state index contributed by atoms with van der Waals surface area (Å²) in [4.78, 5) is 0. The Bertz CT molecular complexity index is 648. The minimum Gasteiger partial charge on any atom is -0.234 e. The van der Waals surface area contributed by atoms with Crippen molar-refractivity contribution in [1.82, 2.24) is 4.57 Å². The van der Waals surface area contributed by atoms with Crippen LogP contribution < -0.4 is 4.57 Å². The molecule has 0 aliphatic carbocycles. The molecule has 0 aliphatic heterocycles. The Balaban J connectivity index is 2.25. The third-order valence-corrected chi connectivity index (χ3v) is 9.60. The first-order valence-electron chi connectivity index (χ1n) is 19.9. The molecule has 0 saturated carbocycles. The summed E-state index contributed by atoms with van der Waals surface area (Å²) in [5.74, 6) is 1.62. The van der Waals surface area contributed by atoms with Gasteiger partial charge in [-0.1, -0.05) is 188 Å². The van der Waals surface area contributed by atoms with Gasteiger partial charge in [0.15, 0.2) is 0 Å². The number of aryl methyl sites for hydroxylation is 2. The zero-order valence-electron chi connectivity index (χ0n) is 29.6. The van der Waals surface area contributed by atoms with Crippen LogP contribution in [0.1, 0.15) is 226 Å². The van der Waals surface area contributed by atoms with Crippen LogP contribution in [-0.2, 0) is 19.5 Å². The monoisotopic (exact) mass is 588 g/mol. The summed E-state index contributed by atoms with van der Waals surface area (Å²) < 4.78 is 5.26. The molecule has 0 saturated heterocycles. The molecule has 2 nitrogen and oxygen atoms in total. The Morgan fingerprint density at radius 1 is 0.405 bits per heavy atom. The third kappa shape index (κ3) is 23.6. The van der Waals surface area contributed by atoms with Gasteiger partial charge in [-0.25, -0.2) is 9.13 Å². The molecule has 0 unspecified atom stereocenters. The second-order valence-electron chi connectivity index (χ2n) is 13.8. The highest BCUT2D eigenvalue weighted by atomic mass is 15.1. The summed E-state index contributed by atoms with van der Waals surface area (Å²) in [6.07, 6.45) is 50.4. The zero-order chi connectivity index (χ0) is 30.2. The standard InChI is InChI=1S/C40H79N2/c1-4-7-10-13-16-18-20-21-22-23-25-28-31-34-37-42-39-38-41(40(42)35-32-29-26-15-12-9-6-3)36-33-30-27-24-19-17-14-11-8-5-2/h38-39H,4-37H2,1-3H3/q+1. The number of imidazole rings is 1. The normalized spacial score (nSPS) is 11.6. The Kier molecular flexibility index (Phi) is 29.5. The van der Waals surface area contributed by atoms with Crippen LogP contribution in [0.25, 0.3) is 0 Å². The Morgan fingerprint density at radius 3 is 1.14 bits per heavy atom. The van der Waals surface area contributed by atoms with Gasteiger partial charge in [-0.15, -0.1) is 0 Å². The van der Waals surface area contributed by atoms with Gasteiger partial charge in [0.25, 0.3) is 5.82 Å². The molecule has 0 N–H and O–H groups in total. The SMILES string of the molecule is CCCCCCCCCCCCCCCC[n+]1ccn(CCCCCCCCCCCC)c1CCCCCCCCC. The van der Waals surface area contributed by atoms with Gasteiger partial charge in [0.1, 0.15) is 12.4 Å². The van der Waals surface area contributed by atoms with Crippen LogP contribution in [0.2, 0.25) is 0 Å². The summed E-state index contributed by atoms with van der Waals surface area (Å²) in [5.41, 5.74) is 0. The van der Waals surface area contributed by atoms with Crippen LogP contribution in [0.5, 0.6) is 0 Å². The van der Waals surface area contributed by atoms with Gasteiger partial charge >= 0.3 is 0 Å². The van der Waals surface area contributed by atoms with Crippen LogP contribution in [0.4, 0.5) is 0 Å². The Morgan fingerprint density at radius 2 is 0.738 bits per heavy atom. The second-order valence-corrected chi connectivity index (χ2v) is 13.8. The van der Waals surface area contributed by atoms with E-state index in [0.717, 1.165) is 0 Å². The minimum absolute atomic E-state index is 1.23. The molecule has 0 radical (unpaired) electrons. The lowest BCUT2D eigenvalue weighted by molar-refractivity contribution is -0.704. The number of hydrogen-bond acceptors (Lipinski definition) is 0. The summed E-state index contributed by atoms with van der Waals surface area (Å²) in [7, 11) is 0. The zero-order valence-corrected chi connectivity index (χ0v) is 29.6. The smallest absolute Gasteiger partial charge is 0.234 e. The van der Waals surface area contributed by atoms with Crippen molar-refractivity contribution in [3.05, 3.63) is 18.2 Å². The Labute approximate surface area is 266 Å². The fourth-order valence-corrected chi connectivity index (χ4v) is 6.68. The van der Waals surface area contributed by atoms with Crippen molar-refractivity contribution in [2.75, 3.05) is 0 Å². The van der Waals surface area contributed by atoms with E-state index < -0.39 is 0 Å². The van der Waals surface area contributed by atoms with Crippen LogP contribution in [0.15, 0.2) is 12.4 Å². The number of aromatic nitrogens is 2. The van der Waals surface area contributed by atoms with E-state index in [9.17, 15) is 0 Å². The van der Waals surface area contributed by atoms with E-state index in [1.54, 1.807) is 5.82 Å². The molecule has 2 heteroatoms. The molecule has 1 heterocycles. The lowest BCUT2D eigenvalue weighted by atomic mass is 10.0. The predicted octanol–water partition coefficient (Wildman–Crippen LogP) is 13.5. The topological polar surface area (TPSA) is 8.81 Å². The molecule has 0 spiro atoms. The molecule has 0 bridgehead atoms. The van der Waals surface area contributed by atoms with Crippen molar-refractivity contribution in [2.45, 2.75) is 239 Å². The molecular weight excluding hydrogens is 508 g/mol. The van der Waals surface area contributed by atoms with Gasteiger partial charge in [0.05, 0.1) is 13.1 Å². The summed E-state index contributed by atoms with van der Waals surface area (Å²) in [6.45, 7) is 9.40. The molecule has 0 fully saturated rings. The van der Waals surface area contributed by atoms with E-state index in [2.05, 4.69) is 42.3 Å². The Hall–Kier alpha value is -0.790. The van der Waals surface area contributed by atoms with E-state index in [0.29, 0.717) is 0 Å². The molecule has 1 aromatic rings. The largest absolute Gasteiger partial charge is 0.256 e. The van der Waals surface area contributed by atoms with E-state index in [1.807, 2.05) is 0 Å². The highest BCUT2D eigenvalue weighted by Gasteiger charge is 2.16. The van der Waals surface area contributed by atoms with Crippen molar-refractivity contribution in [3.63, 3.8) is 0 Å². The van der Waals surface area contributed by atoms with Crippen molar-refractivity contribution < 1.29 is 4.57 Å². The van der Waals surface area contributed by atoms with Gasteiger partial charge in [0.2, 0.25) is 0 Å². The summed E-state index contributed by atoms with van der Waals surface area (Å²) >= 11 is 0. The predicted molar refractivity (Wildman–Crippen MR) is 188 cm³/mol. The fourth-order valence-electron chi connectivity index (χ4n) is 6.68. The van der Waals surface area contributed by atoms with Gasteiger partial charge in [0, 0.05) is 6.42 Å². The van der Waals surface area contributed by atoms with Crippen LogP contribution in [-0.4, -0.2) is 4.57 Å². The lowest BCUT2D eigenvalue weighted by Crippen LogP contribution is -2.37. The van der Waals surface area contributed by atoms with Crippen molar-refractivity contribution in [2.24, 2.45) is 0 Å². The molecule has 248 valence electrons. The molecule has 1 aromatic heterocycles. The maximum Gasteiger partial charge on any atom is 0.256 e. The highest BCUT2D eigenvalue weighted by Crippen LogP contribution is 2.15. The number of nitrogens with zero attached hydrogens (tertiary/aromatic N) is 2. The van der Waals surface area contributed by atoms with E-state index in [-0.39, 0.29) is 0 Å². The molecule has 0 aliphatic rings. The number of rotatable bonds is 34. The van der Waals surface area contributed by atoms with Crippen LogP contribution in [0, 0.1) is 0 Å². The van der Waals surface area contributed by atoms with Crippen LogP contribution in [0.3, 0.4) is 0 Å². The maximum absolute atomic E-state index is 2.63. The van der Waals surface area contributed by atoms with Gasteiger partial charge in [-0.2, -0.15) is 0 Å². The first-order chi connectivity index (χ1) is 20.8. The number of hydrogen-bond donors (Lipinski definition) is 0. The van der Waals surface area contributed by atoms with Gasteiger partial charge in [-0.05, 0) is 32.1 Å². The molecule has 0 amide bonds. The quantitative estimate of drug-likeness (QED) is 0.0560. The molecule has 0 aromatic carbocycles. The van der Waals surface area contributed by atoms with Crippen molar-refractivity contribution in [3.8, 4) is 0 Å². The van der Waals surface area contributed by atoms with Gasteiger partial charge in [-0.3, -0.25) is 0 Å². The third-order valence-electron chi connectivity index (χ3n) is 9.60. The number of unbranched alkanes of at least 4 members (excludes halogenated alkanes) is 28. The van der Waals surface area contributed by atoms with E-state index >= 15 is 0 Å². The van der Waals surface area contributed by atoms with Gasteiger partial charge < -0.3 is 0 Å². The molecule has 1 rings (SSSR count). The van der Waals surface area contributed by atoms with E-state index in [1.165, 1.54) is 219 Å². The molecule has 0 atom stereocenters. The highest BCUT2D eigenvalue weighted by molar-refractivity contribution is 4.84. The minimum atomic E-state index is 1.23. The summed E-state index contributed by atoms with van der Waals surface area (Å²) in [5, 5.41) is 0. The molecule has 42 heavy (non-hydrogen) atoms. The fraction of sp³-hybridized carbons (Fsp3) is 0.925. The van der Waals surface area contributed by atoms with Crippen LogP contribution >= 0.6 is 0 Å². The first kappa shape index (κ1) is 39.2. The second kappa shape index (κ2) is 31.6. The van der Waals surface area contributed by atoms with Crippen molar-refractivity contribution >= 4 is 0 Å². The summed E-state index contributed by atoms with van der Waals surface area (Å²) in [6, 6.07) is 0. The molecular formula is C40H79N2+. The average Bonchev–Trinajstić information content (AvgIpc) is 3.38. The average molecular weight is 588 g/mol. The van der Waals surface area contributed by atoms with E-state index in [4.69, 9.17) is 0 Å². The first-order valence-corrected chi connectivity index (χ1v) is 19.9. The van der Waals surface area contributed by atoms with Crippen molar-refractivity contribution in [1.29, 1.82) is 0 Å².